The molecule has 0 aliphatic heterocycles. The molecular weight excluding hydrogens is 232 g/mol. The Morgan fingerprint density at radius 3 is 3.15 bits per heavy atom. The van der Waals surface area contributed by atoms with Gasteiger partial charge >= 0.3 is 0 Å². The van der Waals surface area contributed by atoms with Gasteiger partial charge in [-0.05, 0) is 18.2 Å². The molecule has 4 heteroatoms. The largest absolute Gasteiger partial charge is 0.440 e. The molecule has 0 saturated heterocycles. The standard InChI is InChI=1S/C9H5BrN2O/c10-6-1-2-8-7(5-6)12-9(13-8)3-4-11/h1-2,5H,3H2. The fraction of sp³-hybridized carbons (Fsp3) is 0.111. The summed E-state index contributed by atoms with van der Waals surface area (Å²) < 4.78 is 6.26. The monoisotopic (exact) mass is 236 g/mol. The van der Waals surface area contributed by atoms with Crippen LogP contribution in [0.25, 0.3) is 11.1 Å². The van der Waals surface area contributed by atoms with E-state index in [1.54, 1.807) is 0 Å². The number of nitrogens with zero attached hydrogens (tertiary/aromatic N) is 2. The van der Waals surface area contributed by atoms with Crippen LogP contribution in [0, 0.1) is 11.3 Å². The SMILES string of the molecule is N#CCc1nc2cc(Br)ccc2o1. The number of nitriles is 1. The molecule has 2 aromatic rings. The first-order valence-electron chi connectivity index (χ1n) is 3.71. The van der Waals surface area contributed by atoms with E-state index >= 15 is 0 Å². The van der Waals surface area contributed by atoms with Gasteiger partial charge in [0.2, 0.25) is 5.89 Å². The summed E-state index contributed by atoms with van der Waals surface area (Å²) in [6.07, 6.45) is 0.215. The first kappa shape index (κ1) is 8.27. The Labute approximate surface area is 83.1 Å². The van der Waals surface area contributed by atoms with E-state index in [4.69, 9.17) is 9.68 Å². The number of oxazole rings is 1. The molecule has 1 aromatic heterocycles. The highest BCUT2D eigenvalue weighted by Gasteiger charge is 2.04. The summed E-state index contributed by atoms with van der Waals surface area (Å²) >= 11 is 3.33. The molecule has 0 atom stereocenters. The van der Waals surface area contributed by atoms with Crippen molar-refractivity contribution in [2.45, 2.75) is 6.42 Å². The molecular formula is C9H5BrN2O. The molecule has 0 radical (unpaired) electrons. The Bertz CT molecular complexity index is 484. The molecule has 13 heavy (non-hydrogen) atoms. The predicted octanol–water partition coefficient (Wildman–Crippen LogP) is 2.66. The van der Waals surface area contributed by atoms with Crippen molar-refractivity contribution in [3.63, 3.8) is 0 Å². The summed E-state index contributed by atoms with van der Waals surface area (Å²) in [5, 5.41) is 8.44. The number of hydrogen-bond donors (Lipinski definition) is 0. The van der Waals surface area contributed by atoms with E-state index in [1.807, 2.05) is 24.3 Å². The Kier molecular flexibility index (Phi) is 2.03. The summed E-state index contributed by atoms with van der Waals surface area (Å²) in [5.41, 5.74) is 1.49. The fourth-order valence-electron chi connectivity index (χ4n) is 1.09. The Morgan fingerprint density at radius 1 is 1.54 bits per heavy atom. The third kappa shape index (κ3) is 1.56. The van der Waals surface area contributed by atoms with Crippen molar-refractivity contribution in [1.29, 1.82) is 5.26 Å². The number of rotatable bonds is 1. The van der Waals surface area contributed by atoms with Gasteiger partial charge in [0.25, 0.3) is 0 Å². The fourth-order valence-corrected chi connectivity index (χ4v) is 1.44. The molecule has 1 heterocycles. The van der Waals surface area contributed by atoms with Gasteiger partial charge in [-0.25, -0.2) is 4.98 Å². The van der Waals surface area contributed by atoms with Gasteiger partial charge in [-0.15, -0.1) is 0 Å². The van der Waals surface area contributed by atoms with Crippen LogP contribution in [0.15, 0.2) is 27.1 Å². The van der Waals surface area contributed by atoms with Crippen LogP contribution in [0.5, 0.6) is 0 Å². The first-order chi connectivity index (χ1) is 6.29. The maximum absolute atomic E-state index is 8.44. The van der Waals surface area contributed by atoms with Crippen LogP contribution < -0.4 is 0 Å². The van der Waals surface area contributed by atoms with E-state index in [1.165, 1.54) is 0 Å². The number of benzene rings is 1. The second-order valence-corrected chi connectivity index (χ2v) is 3.47. The van der Waals surface area contributed by atoms with Crippen LogP contribution in [0.2, 0.25) is 0 Å². The summed E-state index contributed by atoms with van der Waals surface area (Å²) in [6, 6.07) is 7.56. The molecule has 0 aliphatic rings. The van der Waals surface area contributed by atoms with E-state index in [-0.39, 0.29) is 6.42 Å². The average molecular weight is 237 g/mol. The molecule has 64 valence electrons. The van der Waals surface area contributed by atoms with Gasteiger partial charge in [0.05, 0.1) is 6.07 Å². The minimum Gasteiger partial charge on any atom is -0.440 e. The molecule has 0 N–H and O–H groups in total. The Morgan fingerprint density at radius 2 is 2.38 bits per heavy atom. The van der Waals surface area contributed by atoms with Crippen molar-refractivity contribution in [1.82, 2.24) is 4.98 Å². The minimum atomic E-state index is 0.215. The van der Waals surface area contributed by atoms with Crippen molar-refractivity contribution >= 4 is 27.0 Å². The molecule has 0 saturated carbocycles. The Balaban J connectivity index is 2.57. The molecule has 0 amide bonds. The molecule has 0 unspecified atom stereocenters. The van der Waals surface area contributed by atoms with Gasteiger partial charge in [0.15, 0.2) is 5.58 Å². The number of halogens is 1. The van der Waals surface area contributed by atoms with Crippen molar-refractivity contribution < 1.29 is 4.42 Å². The van der Waals surface area contributed by atoms with Crippen LogP contribution in [0.1, 0.15) is 5.89 Å². The van der Waals surface area contributed by atoms with Gasteiger partial charge < -0.3 is 4.42 Å². The van der Waals surface area contributed by atoms with Crippen LogP contribution in [0.3, 0.4) is 0 Å². The zero-order chi connectivity index (χ0) is 9.26. The van der Waals surface area contributed by atoms with Gasteiger partial charge in [0, 0.05) is 4.47 Å². The average Bonchev–Trinajstić information content (AvgIpc) is 2.46. The van der Waals surface area contributed by atoms with Crippen LogP contribution in [0.4, 0.5) is 0 Å². The maximum Gasteiger partial charge on any atom is 0.209 e. The quantitative estimate of drug-likeness (QED) is 0.765. The summed E-state index contributed by atoms with van der Waals surface area (Å²) in [5.74, 6) is 0.468. The lowest BCUT2D eigenvalue weighted by Gasteiger charge is -1.86. The molecule has 0 spiro atoms. The van der Waals surface area contributed by atoms with Crippen molar-refractivity contribution in [3.05, 3.63) is 28.6 Å². The second kappa shape index (κ2) is 3.19. The van der Waals surface area contributed by atoms with Crippen molar-refractivity contribution in [2.75, 3.05) is 0 Å². The van der Waals surface area contributed by atoms with E-state index in [0.29, 0.717) is 11.5 Å². The molecule has 1 aromatic carbocycles. The maximum atomic E-state index is 8.44. The van der Waals surface area contributed by atoms with E-state index < -0.39 is 0 Å². The summed E-state index contributed by atoms with van der Waals surface area (Å²) in [4.78, 5) is 4.14. The number of aromatic nitrogens is 1. The van der Waals surface area contributed by atoms with Crippen molar-refractivity contribution in [2.24, 2.45) is 0 Å². The molecule has 0 bridgehead atoms. The summed E-state index contributed by atoms with van der Waals surface area (Å²) in [7, 11) is 0. The topological polar surface area (TPSA) is 49.8 Å². The van der Waals surface area contributed by atoms with Crippen LogP contribution >= 0.6 is 15.9 Å². The van der Waals surface area contributed by atoms with Gasteiger partial charge in [-0.2, -0.15) is 5.26 Å². The third-order valence-corrected chi connectivity index (χ3v) is 2.12. The second-order valence-electron chi connectivity index (χ2n) is 2.55. The lowest BCUT2D eigenvalue weighted by molar-refractivity contribution is 0.548. The highest BCUT2D eigenvalue weighted by atomic mass is 79.9. The van der Waals surface area contributed by atoms with Crippen LogP contribution in [-0.4, -0.2) is 4.98 Å². The third-order valence-electron chi connectivity index (χ3n) is 1.62. The summed E-state index contributed by atoms with van der Waals surface area (Å²) in [6.45, 7) is 0. The Hall–Kier alpha value is -1.34. The molecule has 0 fully saturated rings. The van der Waals surface area contributed by atoms with Gasteiger partial charge in [-0.3, -0.25) is 0 Å². The van der Waals surface area contributed by atoms with E-state index in [2.05, 4.69) is 20.9 Å². The molecule has 3 nitrogen and oxygen atoms in total. The van der Waals surface area contributed by atoms with Crippen LogP contribution in [-0.2, 0) is 6.42 Å². The number of fused-ring (bicyclic) bond motifs is 1. The van der Waals surface area contributed by atoms with E-state index in [9.17, 15) is 0 Å². The molecule has 0 aliphatic carbocycles. The highest BCUT2D eigenvalue weighted by molar-refractivity contribution is 9.10. The molecule has 2 rings (SSSR count). The highest BCUT2D eigenvalue weighted by Crippen LogP contribution is 2.20. The normalized spacial score (nSPS) is 10.2. The zero-order valence-corrected chi connectivity index (χ0v) is 8.21. The lowest BCUT2D eigenvalue weighted by Crippen LogP contribution is -1.77. The first-order valence-corrected chi connectivity index (χ1v) is 4.51. The predicted molar refractivity (Wildman–Crippen MR) is 51.0 cm³/mol. The van der Waals surface area contributed by atoms with Gasteiger partial charge in [-0.1, -0.05) is 15.9 Å². The smallest absolute Gasteiger partial charge is 0.209 e. The van der Waals surface area contributed by atoms with Crippen molar-refractivity contribution in [3.8, 4) is 6.07 Å². The number of hydrogen-bond acceptors (Lipinski definition) is 3. The lowest BCUT2D eigenvalue weighted by atomic mass is 10.3. The minimum absolute atomic E-state index is 0.215. The zero-order valence-electron chi connectivity index (χ0n) is 6.62. The van der Waals surface area contributed by atoms with Gasteiger partial charge in [0.1, 0.15) is 11.9 Å². The van der Waals surface area contributed by atoms with E-state index in [0.717, 1.165) is 9.99 Å².